The van der Waals surface area contributed by atoms with E-state index < -0.39 is 0 Å². The van der Waals surface area contributed by atoms with Crippen molar-refractivity contribution in [2.75, 3.05) is 20.2 Å². The predicted octanol–water partition coefficient (Wildman–Crippen LogP) is 4.73. The van der Waals surface area contributed by atoms with E-state index in [1.54, 1.807) is 12.6 Å². The number of fused-ring (bicyclic) bond motifs is 2. The minimum atomic E-state index is -0.254. The zero-order valence-electron chi connectivity index (χ0n) is 16.8. The fraction of sp³-hybridized carbons (Fsp3) is 0.391. The van der Waals surface area contributed by atoms with Gasteiger partial charge in [0.1, 0.15) is 24.2 Å². The van der Waals surface area contributed by atoms with Crippen molar-refractivity contribution in [1.29, 1.82) is 0 Å². The van der Waals surface area contributed by atoms with Crippen LogP contribution in [0.3, 0.4) is 0 Å². The molecule has 2 aromatic carbocycles. The van der Waals surface area contributed by atoms with Crippen molar-refractivity contribution in [1.82, 2.24) is 9.88 Å². The summed E-state index contributed by atoms with van der Waals surface area (Å²) in [5.41, 5.74) is 2.54. The maximum atomic E-state index is 12.5. The van der Waals surface area contributed by atoms with Crippen LogP contribution in [0.5, 0.6) is 11.5 Å². The van der Waals surface area contributed by atoms with Crippen LogP contribution in [-0.2, 0) is 11.3 Å². The van der Waals surface area contributed by atoms with E-state index in [4.69, 9.17) is 14.2 Å². The molecule has 0 bridgehead atoms. The summed E-state index contributed by atoms with van der Waals surface area (Å²) < 4.78 is 17.1. The molecule has 1 aliphatic heterocycles. The monoisotopic (exact) mass is 424 g/mol. The fourth-order valence-corrected chi connectivity index (χ4v) is 5.17. The molecule has 5 rings (SSSR count). The first-order chi connectivity index (χ1) is 14.7. The first-order valence-electron chi connectivity index (χ1n) is 10.2. The molecule has 3 aromatic rings. The highest BCUT2D eigenvalue weighted by Gasteiger charge is 2.45. The molecule has 0 unspecified atom stereocenters. The van der Waals surface area contributed by atoms with Gasteiger partial charge in [-0.2, -0.15) is 0 Å². The third-order valence-electron chi connectivity index (χ3n) is 6.18. The number of hydrogen-bond donors (Lipinski definition) is 0. The van der Waals surface area contributed by atoms with Crippen molar-refractivity contribution in [3.63, 3.8) is 0 Å². The van der Waals surface area contributed by atoms with Gasteiger partial charge in [-0.05, 0) is 53.8 Å². The number of carbonyl (C=O) groups excluding carboxylic acids is 1. The summed E-state index contributed by atoms with van der Waals surface area (Å²) in [5.74, 6) is 2.56. The molecule has 1 aliphatic carbocycles. The highest BCUT2D eigenvalue weighted by molar-refractivity contribution is 7.07. The third kappa shape index (κ3) is 3.81. The van der Waals surface area contributed by atoms with Gasteiger partial charge in [-0.3, -0.25) is 0 Å². The number of amides is 1. The zero-order chi connectivity index (χ0) is 20.5. The van der Waals surface area contributed by atoms with E-state index in [0.717, 1.165) is 47.4 Å². The van der Waals surface area contributed by atoms with Gasteiger partial charge < -0.3 is 19.1 Å². The predicted molar refractivity (Wildman–Crippen MR) is 115 cm³/mol. The van der Waals surface area contributed by atoms with E-state index in [0.29, 0.717) is 18.4 Å². The minimum Gasteiger partial charge on any atom is -0.497 e. The van der Waals surface area contributed by atoms with Gasteiger partial charge in [0.2, 0.25) is 0 Å². The van der Waals surface area contributed by atoms with Crippen LogP contribution < -0.4 is 9.47 Å². The molecule has 30 heavy (non-hydrogen) atoms. The Kier molecular flexibility index (Phi) is 5.21. The summed E-state index contributed by atoms with van der Waals surface area (Å²) in [5, 5.41) is 4.15. The molecule has 1 aromatic heterocycles. The van der Waals surface area contributed by atoms with Gasteiger partial charge in [0.15, 0.2) is 0 Å². The number of ether oxygens (including phenoxy) is 3. The quantitative estimate of drug-likeness (QED) is 0.593. The van der Waals surface area contributed by atoms with E-state index >= 15 is 0 Å². The van der Waals surface area contributed by atoms with E-state index in [1.165, 1.54) is 11.3 Å². The Bertz CT molecular complexity index is 1040. The lowest BCUT2D eigenvalue weighted by Crippen LogP contribution is -2.32. The summed E-state index contributed by atoms with van der Waals surface area (Å²) in [4.78, 5) is 18.4. The molecule has 2 fully saturated rings. The molecule has 2 aliphatic rings. The summed E-state index contributed by atoms with van der Waals surface area (Å²) in [7, 11) is 1.68. The van der Waals surface area contributed by atoms with E-state index in [2.05, 4.69) is 17.1 Å². The molecule has 7 heteroatoms. The number of hydrogen-bond acceptors (Lipinski definition) is 6. The van der Waals surface area contributed by atoms with Crippen LogP contribution in [0.1, 0.15) is 18.5 Å². The Hall–Kier alpha value is -2.80. The van der Waals surface area contributed by atoms with Crippen LogP contribution >= 0.6 is 11.3 Å². The molecule has 1 saturated heterocycles. The largest absolute Gasteiger partial charge is 0.497 e. The molecule has 156 valence electrons. The molecular formula is C23H24N2O4S. The first-order valence-corrected chi connectivity index (χ1v) is 11.2. The summed E-state index contributed by atoms with van der Waals surface area (Å²) in [6.45, 7) is 1.67. The molecule has 1 saturated carbocycles. The Morgan fingerprint density at radius 2 is 1.93 bits per heavy atom. The Balaban J connectivity index is 1.21. The molecule has 0 radical (unpaired) electrons. The lowest BCUT2D eigenvalue weighted by atomic mass is 9.99. The van der Waals surface area contributed by atoms with Crippen molar-refractivity contribution in [3.8, 4) is 11.5 Å². The number of likely N-dealkylation sites (tertiary alicyclic amines) is 1. The van der Waals surface area contributed by atoms with Gasteiger partial charge in [0.05, 0.1) is 18.3 Å². The molecule has 2 heterocycles. The van der Waals surface area contributed by atoms with Crippen molar-refractivity contribution < 1.29 is 19.0 Å². The van der Waals surface area contributed by atoms with E-state index in [9.17, 15) is 4.79 Å². The average molecular weight is 425 g/mol. The van der Waals surface area contributed by atoms with Gasteiger partial charge >= 0.3 is 6.09 Å². The van der Waals surface area contributed by atoms with Crippen LogP contribution in [0, 0.1) is 11.8 Å². The van der Waals surface area contributed by atoms with Crippen molar-refractivity contribution in [2.24, 2.45) is 11.8 Å². The number of rotatable bonds is 5. The number of aromatic nitrogens is 1. The van der Waals surface area contributed by atoms with Crippen LogP contribution in [0.25, 0.3) is 10.8 Å². The van der Waals surface area contributed by atoms with Gasteiger partial charge in [-0.1, -0.05) is 12.1 Å². The number of methoxy groups -OCH3 is 1. The zero-order valence-corrected chi connectivity index (χ0v) is 17.6. The normalized spacial score (nSPS) is 22.8. The molecule has 6 nitrogen and oxygen atoms in total. The standard InChI is InChI=1S/C23H24N2O4S/c1-27-19-5-2-16-9-20(6-3-15(16)8-19)29-22-7-4-17-10-25(11-21(17)22)23(26)28-12-18-13-30-14-24-18/h2-3,5-6,8-9,13-14,17,21-22H,4,7,10-12H2,1H3/t17-,21+,22+/m1/s1. The number of benzene rings is 2. The van der Waals surface area contributed by atoms with E-state index in [-0.39, 0.29) is 18.8 Å². The van der Waals surface area contributed by atoms with Gasteiger partial charge in [-0.25, -0.2) is 9.78 Å². The number of nitrogens with zero attached hydrogens (tertiary/aromatic N) is 2. The van der Waals surface area contributed by atoms with Crippen LogP contribution in [0.2, 0.25) is 0 Å². The second-order valence-corrected chi connectivity index (χ2v) is 8.69. The maximum Gasteiger partial charge on any atom is 0.410 e. The smallest absolute Gasteiger partial charge is 0.410 e. The number of carbonyl (C=O) groups is 1. The molecule has 0 N–H and O–H groups in total. The lowest BCUT2D eigenvalue weighted by Gasteiger charge is -2.22. The maximum absolute atomic E-state index is 12.5. The average Bonchev–Trinajstić information content (AvgIpc) is 3.50. The topological polar surface area (TPSA) is 60.9 Å². The summed E-state index contributed by atoms with van der Waals surface area (Å²) in [6, 6.07) is 12.2. The first kappa shape index (κ1) is 19.2. The van der Waals surface area contributed by atoms with Crippen molar-refractivity contribution in [2.45, 2.75) is 25.6 Å². The minimum absolute atomic E-state index is 0.127. The molecule has 0 spiro atoms. The van der Waals surface area contributed by atoms with Gasteiger partial charge in [-0.15, -0.1) is 11.3 Å². The molecule has 3 atom stereocenters. The number of thiazole rings is 1. The third-order valence-corrected chi connectivity index (χ3v) is 6.82. The highest BCUT2D eigenvalue weighted by atomic mass is 32.1. The molecule has 1 amide bonds. The molecular weight excluding hydrogens is 400 g/mol. The van der Waals surface area contributed by atoms with Crippen molar-refractivity contribution in [3.05, 3.63) is 53.0 Å². The van der Waals surface area contributed by atoms with Crippen LogP contribution in [-0.4, -0.2) is 42.3 Å². The second kappa shape index (κ2) is 8.14. The van der Waals surface area contributed by atoms with Crippen LogP contribution in [0.15, 0.2) is 47.3 Å². The van der Waals surface area contributed by atoms with Gasteiger partial charge in [0, 0.05) is 24.4 Å². The van der Waals surface area contributed by atoms with Crippen LogP contribution in [0.4, 0.5) is 4.79 Å². The summed E-state index contributed by atoms with van der Waals surface area (Å²) >= 11 is 1.50. The fourth-order valence-electron chi connectivity index (χ4n) is 4.62. The highest BCUT2D eigenvalue weighted by Crippen LogP contribution is 2.40. The SMILES string of the molecule is COc1ccc2cc(O[C@H]3CC[C@@H]4CN(C(=O)OCc5cscn5)C[C@@H]43)ccc2c1. The summed E-state index contributed by atoms with van der Waals surface area (Å²) in [6.07, 6.45) is 1.98. The van der Waals surface area contributed by atoms with Gasteiger partial charge in [0.25, 0.3) is 0 Å². The van der Waals surface area contributed by atoms with E-state index in [1.807, 2.05) is 34.5 Å². The Morgan fingerprint density at radius 3 is 2.70 bits per heavy atom. The Morgan fingerprint density at radius 1 is 1.13 bits per heavy atom. The lowest BCUT2D eigenvalue weighted by molar-refractivity contribution is 0.0952. The van der Waals surface area contributed by atoms with Crippen molar-refractivity contribution >= 4 is 28.2 Å². The second-order valence-electron chi connectivity index (χ2n) is 7.97. The Labute approximate surface area is 179 Å².